The highest BCUT2D eigenvalue weighted by Gasteiger charge is 2.32. The van der Waals surface area contributed by atoms with Gasteiger partial charge in [-0.15, -0.1) is 0 Å². The summed E-state index contributed by atoms with van der Waals surface area (Å²) in [6.07, 6.45) is 4.26. The Morgan fingerprint density at radius 1 is 1.63 bits per heavy atom. The third-order valence-electron chi connectivity index (χ3n) is 3.96. The molecular formula is C13H20N4O2. The number of carbonyl (C=O) groups excluding carboxylic acids is 1. The van der Waals surface area contributed by atoms with Crippen molar-refractivity contribution in [1.29, 1.82) is 0 Å². The van der Waals surface area contributed by atoms with Gasteiger partial charge in [0.1, 0.15) is 0 Å². The minimum atomic E-state index is -0.250. The standard InChI is InChI=1S/C13H20N4O2/c1-13(5-2-6-19-13)7-15-12(18)11-9(14)10(16-17-11)8-3-4-8/h8H,2-7,14H2,1H3,(H,15,18)(H,16,17). The Morgan fingerprint density at radius 2 is 2.42 bits per heavy atom. The zero-order valence-corrected chi connectivity index (χ0v) is 11.2. The summed E-state index contributed by atoms with van der Waals surface area (Å²) in [5.74, 6) is 0.238. The van der Waals surface area contributed by atoms with Gasteiger partial charge in [0.05, 0.1) is 17.0 Å². The zero-order valence-electron chi connectivity index (χ0n) is 11.2. The summed E-state index contributed by atoms with van der Waals surface area (Å²) >= 11 is 0. The maximum absolute atomic E-state index is 12.1. The Morgan fingerprint density at radius 3 is 3.05 bits per heavy atom. The van der Waals surface area contributed by atoms with Crippen LogP contribution in [0.5, 0.6) is 0 Å². The molecule has 1 aromatic rings. The Bertz CT molecular complexity index is 487. The van der Waals surface area contributed by atoms with Gasteiger partial charge in [-0.1, -0.05) is 0 Å². The fraction of sp³-hybridized carbons (Fsp3) is 0.692. The molecule has 2 heterocycles. The van der Waals surface area contributed by atoms with Crippen LogP contribution in [-0.2, 0) is 4.74 Å². The Balaban J connectivity index is 1.63. The number of anilines is 1. The third-order valence-corrected chi connectivity index (χ3v) is 3.96. The van der Waals surface area contributed by atoms with Gasteiger partial charge >= 0.3 is 0 Å². The second kappa shape index (κ2) is 4.52. The minimum absolute atomic E-state index is 0.225. The predicted octanol–water partition coefficient (Wildman–Crippen LogP) is 1.17. The van der Waals surface area contributed by atoms with Crippen LogP contribution in [0.25, 0.3) is 0 Å². The molecule has 0 bridgehead atoms. The van der Waals surface area contributed by atoms with Crippen molar-refractivity contribution in [1.82, 2.24) is 15.5 Å². The van der Waals surface area contributed by atoms with Gasteiger partial charge in [0.15, 0.2) is 5.69 Å². The zero-order chi connectivity index (χ0) is 13.5. The first kappa shape index (κ1) is 12.5. The number of aromatic nitrogens is 2. The second-order valence-corrected chi connectivity index (χ2v) is 5.76. The van der Waals surface area contributed by atoms with E-state index in [4.69, 9.17) is 10.5 Å². The monoisotopic (exact) mass is 264 g/mol. The largest absolute Gasteiger partial charge is 0.395 e. The number of hydrogen-bond acceptors (Lipinski definition) is 4. The van der Waals surface area contributed by atoms with Crippen molar-refractivity contribution in [3.05, 3.63) is 11.4 Å². The van der Waals surface area contributed by atoms with Gasteiger partial charge in [-0.25, -0.2) is 0 Å². The lowest BCUT2D eigenvalue weighted by atomic mass is 10.0. The number of nitrogens with zero attached hydrogens (tertiary/aromatic N) is 1. The molecule has 19 heavy (non-hydrogen) atoms. The maximum Gasteiger partial charge on any atom is 0.274 e. The van der Waals surface area contributed by atoms with Crippen LogP contribution in [-0.4, -0.2) is 34.9 Å². The highest BCUT2D eigenvalue weighted by Crippen LogP contribution is 2.42. The van der Waals surface area contributed by atoms with Crippen LogP contribution in [0.2, 0.25) is 0 Å². The molecule has 1 aromatic heterocycles. The SMILES string of the molecule is CC1(CNC(=O)c2n[nH]c(C3CC3)c2N)CCCO1. The van der Waals surface area contributed by atoms with Crippen molar-refractivity contribution in [2.75, 3.05) is 18.9 Å². The van der Waals surface area contributed by atoms with Gasteiger partial charge in [0.25, 0.3) is 5.91 Å². The average molecular weight is 264 g/mol. The predicted molar refractivity (Wildman–Crippen MR) is 70.9 cm³/mol. The van der Waals surface area contributed by atoms with Gasteiger partial charge < -0.3 is 15.8 Å². The Kier molecular flexibility index (Phi) is 2.97. The van der Waals surface area contributed by atoms with Crippen LogP contribution in [0.4, 0.5) is 5.69 Å². The lowest BCUT2D eigenvalue weighted by molar-refractivity contribution is 0.0205. The molecule has 2 aliphatic rings. The van der Waals surface area contributed by atoms with Crippen molar-refractivity contribution >= 4 is 11.6 Å². The van der Waals surface area contributed by atoms with E-state index in [0.29, 0.717) is 23.8 Å². The maximum atomic E-state index is 12.1. The molecule has 6 nitrogen and oxygen atoms in total. The first-order chi connectivity index (χ1) is 9.09. The lowest BCUT2D eigenvalue weighted by Gasteiger charge is -2.23. The molecular weight excluding hydrogens is 244 g/mol. The smallest absolute Gasteiger partial charge is 0.274 e. The summed E-state index contributed by atoms with van der Waals surface area (Å²) in [4.78, 5) is 12.1. The van der Waals surface area contributed by atoms with E-state index in [1.54, 1.807) is 0 Å². The number of nitrogens with two attached hydrogens (primary N) is 1. The van der Waals surface area contributed by atoms with Crippen LogP contribution in [0, 0.1) is 0 Å². The summed E-state index contributed by atoms with van der Waals surface area (Å²) in [6, 6.07) is 0. The molecule has 0 radical (unpaired) electrons. The van der Waals surface area contributed by atoms with Crippen molar-refractivity contribution in [2.24, 2.45) is 0 Å². The number of hydrogen-bond donors (Lipinski definition) is 3. The topological polar surface area (TPSA) is 93.0 Å². The number of rotatable bonds is 4. The van der Waals surface area contributed by atoms with Crippen LogP contribution in [0.15, 0.2) is 0 Å². The molecule has 1 amide bonds. The Labute approximate surface area is 112 Å². The van der Waals surface area contributed by atoms with Gasteiger partial charge in [0.2, 0.25) is 0 Å². The fourth-order valence-corrected chi connectivity index (χ4v) is 2.55. The molecule has 4 N–H and O–H groups in total. The summed E-state index contributed by atoms with van der Waals surface area (Å²) in [5.41, 5.74) is 7.44. The lowest BCUT2D eigenvalue weighted by Crippen LogP contribution is -2.40. The number of nitrogen functional groups attached to an aromatic ring is 1. The van der Waals surface area contributed by atoms with E-state index in [1.165, 1.54) is 0 Å². The first-order valence-corrected chi connectivity index (χ1v) is 6.85. The van der Waals surface area contributed by atoms with Gasteiger partial charge in [-0.2, -0.15) is 5.10 Å². The number of amides is 1. The van der Waals surface area contributed by atoms with Crippen molar-refractivity contribution in [3.8, 4) is 0 Å². The van der Waals surface area contributed by atoms with Gasteiger partial charge in [0, 0.05) is 19.1 Å². The molecule has 1 saturated heterocycles. The van der Waals surface area contributed by atoms with Crippen LogP contribution < -0.4 is 11.1 Å². The molecule has 104 valence electrons. The summed E-state index contributed by atoms with van der Waals surface area (Å²) in [7, 11) is 0. The number of nitrogens with one attached hydrogen (secondary N) is 2. The highest BCUT2D eigenvalue weighted by atomic mass is 16.5. The summed E-state index contributed by atoms with van der Waals surface area (Å²) in [5, 5.41) is 9.80. The van der Waals surface area contributed by atoms with E-state index < -0.39 is 0 Å². The summed E-state index contributed by atoms with van der Waals surface area (Å²) in [6.45, 7) is 3.28. The molecule has 1 atom stereocenters. The third kappa shape index (κ3) is 2.45. The minimum Gasteiger partial charge on any atom is -0.395 e. The van der Waals surface area contributed by atoms with E-state index in [9.17, 15) is 4.79 Å². The number of H-pyrrole nitrogens is 1. The fourth-order valence-electron chi connectivity index (χ4n) is 2.55. The van der Waals surface area contributed by atoms with Crippen LogP contribution in [0.1, 0.15) is 54.7 Å². The molecule has 1 unspecified atom stereocenters. The Hall–Kier alpha value is -1.56. The highest BCUT2D eigenvalue weighted by molar-refractivity contribution is 5.97. The number of aromatic amines is 1. The van der Waals surface area contributed by atoms with E-state index in [1.807, 2.05) is 6.92 Å². The van der Waals surface area contributed by atoms with Crippen LogP contribution in [0.3, 0.4) is 0 Å². The summed E-state index contributed by atoms with van der Waals surface area (Å²) < 4.78 is 5.64. The average Bonchev–Trinajstić information content (AvgIpc) is 3.03. The quantitative estimate of drug-likeness (QED) is 0.761. The molecule has 1 aliphatic carbocycles. The van der Waals surface area contributed by atoms with Crippen molar-refractivity contribution in [2.45, 2.75) is 44.1 Å². The number of ether oxygens (including phenoxy) is 1. The van der Waals surface area contributed by atoms with E-state index >= 15 is 0 Å². The molecule has 1 saturated carbocycles. The van der Waals surface area contributed by atoms with Crippen LogP contribution >= 0.6 is 0 Å². The molecule has 0 spiro atoms. The molecule has 6 heteroatoms. The van der Waals surface area contributed by atoms with E-state index in [2.05, 4.69) is 15.5 Å². The first-order valence-electron chi connectivity index (χ1n) is 6.85. The van der Waals surface area contributed by atoms with Gasteiger partial charge in [-0.3, -0.25) is 9.89 Å². The van der Waals surface area contributed by atoms with E-state index in [-0.39, 0.29) is 11.5 Å². The van der Waals surface area contributed by atoms with Crippen molar-refractivity contribution in [3.63, 3.8) is 0 Å². The molecule has 0 aromatic carbocycles. The molecule has 2 fully saturated rings. The van der Waals surface area contributed by atoms with E-state index in [0.717, 1.165) is 38.0 Å². The normalized spacial score (nSPS) is 26.6. The number of carbonyl (C=O) groups is 1. The van der Waals surface area contributed by atoms with Crippen molar-refractivity contribution < 1.29 is 9.53 Å². The second-order valence-electron chi connectivity index (χ2n) is 5.76. The molecule has 3 rings (SSSR count). The molecule has 1 aliphatic heterocycles. The van der Waals surface area contributed by atoms with Gasteiger partial charge in [-0.05, 0) is 32.6 Å².